The molecule has 0 bridgehead atoms. The lowest BCUT2D eigenvalue weighted by Gasteiger charge is -2.31. The molecule has 0 aromatic heterocycles. The van der Waals surface area contributed by atoms with E-state index in [1.807, 2.05) is 13.8 Å². The van der Waals surface area contributed by atoms with Crippen molar-refractivity contribution in [2.75, 3.05) is 10.7 Å². The number of halogens is 1. The average molecular weight is 527 g/mol. The van der Waals surface area contributed by atoms with Crippen LogP contribution in [0.5, 0.6) is 0 Å². The van der Waals surface area contributed by atoms with Crippen LogP contribution in [0.25, 0.3) is 0 Å². The fourth-order valence-electron chi connectivity index (χ4n) is 3.99. The molecule has 0 heterocycles. The van der Waals surface area contributed by atoms with Gasteiger partial charge < -0.3 is 4.90 Å². The van der Waals surface area contributed by atoms with Crippen molar-refractivity contribution in [3.8, 4) is 0 Å². The Hall–Kier alpha value is -1.71. The Kier molecular flexibility index (Phi) is 10.6. The number of hydrogen-bond donors (Lipinski definition) is 1. The molecule has 1 nitrogen and oxygen atoms in total. The highest BCUT2D eigenvalue weighted by Gasteiger charge is 2.21. The minimum atomic E-state index is 0.130. The van der Waals surface area contributed by atoms with Gasteiger partial charge in [-0.15, -0.1) is 0 Å². The number of rotatable bonds is 7. The van der Waals surface area contributed by atoms with Crippen LogP contribution in [0.15, 0.2) is 65.1 Å². The lowest BCUT2D eigenvalue weighted by Crippen LogP contribution is -2.16. The maximum Gasteiger partial charge on any atom is 0.0520 e. The Balaban J connectivity index is 0.00000187. The molecule has 0 spiro atoms. The maximum atomic E-state index is 4.33. The van der Waals surface area contributed by atoms with E-state index in [0.717, 1.165) is 23.1 Å². The molecule has 0 amide bonds. The number of aryl methyl sites for hydroxylation is 3. The number of thiol groups is 1. The van der Waals surface area contributed by atoms with Gasteiger partial charge in [0.05, 0.1) is 5.69 Å². The van der Waals surface area contributed by atoms with Gasteiger partial charge in [0.25, 0.3) is 0 Å². The summed E-state index contributed by atoms with van der Waals surface area (Å²) in [6.07, 6.45) is 3.46. The normalized spacial score (nSPS) is 11.1. The predicted octanol–water partition coefficient (Wildman–Crippen LogP) is 10.1. The Morgan fingerprint density at radius 2 is 1.27 bits per heavy atom. The van der Waals surface area contributed by atoms with Crippen LogP contribution in [-0.2, 0) is 11.8 Å². The zero-order valence-corrected chi connectivity index (χ0v) is 23.9. The van der Waals surface area contributed by atoms with Crippen LogP contribution in [-0.4, -0.2) is 5.75 Å². The highest BCUT2D eigenvalue weighted by molar-refractivity contribution is 9.10. The Labute approximate surface area is 216 Å². The summed E-state index contributed by atoms with van der Waals surface area (Å²) in [5.41, 5.74) is 9.11. The van der Waals surface area contributed by atoms with E-state index < -0.39 is 0 Å². The van der Waals surface area contributed by atoms with E-state index in [2.05, 4.69) is 129 Å². The SMILES string of the molecule is CC.Cc1cc(C(C)(C)C)cc(C)c1N(c1ccc(Br)cc1)c1ccc(CCCCS)cc1. The van der Waals surface area contributed by atoms with Gasteiger partial charge in [0.15, 0.2) is 0 Å². The summed E-state index contributed by atoms with van der Waals surface area (Å²) < 4.78 is 1.09. The fraction of sp³-hybridized carbons (Fsp3) is 0.400. The molecule has 3 rings (SSSR count). The first-order chi connectivity index (χ1) is 15.7. The molecule has 0 unspecified atom stereocenters. The van der Waals surface area contributed by atoms with E-state index in [4.69, 9.17) is 0 Å². The average Bonchev–Trinajstić information content (AvgIpc) is 2.78. The molecule has 0 aliphatic rings. The molecule has 33 heavy (non-hydrogen) atoms. The summed E-state index contributed by atoms with van der Waals surface area (Å²) in [7, 11) is 0. The molecule has 0 aliphatic carbocycles. The molecule has 0 saturated carbocycles. The molecule has 0 saturated heterocycles. The second-order valence-corrected chi connectivity index (χ2v) is 10.7. The van der Waals surface area contributed by atoms with Gasteiger partial charge in [0, 0.05) is 15.8 Å². The van der Waals surface area contributed by atoms with Crippen LogP contribution in [0.1, 0.15) is 69.7 Å². The van der Waals surface area contributed by atoms with Crippen molar-refractivity contribution < 1.29 is 0 Å². The molecule has 3 heteroatoms. The summed E-state index contributed by atoms with van der Waals surface area (Å²) >= 11 is 7.91. The second kappa shape index (κ2) is 12.7. The van der Waals surface area contributed by atoms with Crippen molar-refractivity contribution in [1.82, 2.24) is 0 Å². The van der Waals surface area contributed by atoms with E-state index in [-0.39, 0.29) is 5.41 Å². The van der Waals surface area contributed by atoms with Crippen LogP contribution >= 0.6 is 28.6 Å². The molecular weight excluding hydrogens is 486 g/mol. The quantitative estimate of drug-likeness (QED) is 0.237. The smallest absolute Gasteiger partial charge is 0.0520 e. The van der Waals surface area contributed by atoms with Crippen molar-refractivity contribution in [2.45, 2.75) is 73.1 Å². The highest BCUT2D eigenvalue weighted by Crippen LogP contribution is 2.41. The minimum absolute atomic E-state index is 0.130. The first kappa shape index (κ1) is 27.5. The standard InChI is InChI=1S/C28H34BrNS.C2H6/c1-20-18-23(28(3,4)5)19-21(2)27(20)30(26-15-11-24(29)12-16-26)25-13-9-22(10-14-25)8-6-7-17-31;1-2/h9-16,18-19,31H,6-8,17H2,1-5H3;1-2H3. The summed E-state index contributed by atoms with van der Waals surface area (Å²) in [5, 5.41) is 0. The first-order valence-electron chi connectivity index (χ1n) is 12.1. The molecule has 178 valence electrons. The molecule has 0 aliphatic heterocycles. The van der Waals surface area contributed by atoms with E-state index >= 15 is 0 Å². The van der Waals surface area contributed by atoms with E-state index in [1.54, 1.807) is 0 Å². The summed E-state index contributed by atoms with van der Waals surface area (Å²) in [4.78, 5) is 2.39. The zero-order chi connectivity index (χ0) is 24.6. The zero-order valence-electron chi connectivity index (χ0n) is 21.4. The molecule has 0 fully saturated rings. The van der Waals surface area contributed by atoms with Gasteiger partial charge in [0.1, 0.15) is 0 Å². The monoisotopic (exact) mass is 525 g/mol. The van der Waals surface area contributed by atoms with Gasteiger partial charge in [0.2, 0.25) is 0 Å². The van der Waals surface area contributed by atoms with Gasteiger partial charge in [-0.2, -0.15) is 12.6 Å². The second-order valence-electron chi connectivity index (χ2n) is 9.37. The largest absolute Gasteiger partial charge is 0.310 e. The molecule has 0 N–H and O–H groups in total. The third-order valence-electron chi connectivity index (χ3n) is 5.73. The molecule has 3 aromatic carbocycles. The fourth-order valence-corrected chi connectivity index (χ4v) is 4.48. The van der Waals surface area contributed by atoms with Gasteiger partial charge in [-0.25, -0.2) is 0 Å². The van der Waals surface area contributed by atoms with Crippen molar-refractivity contribution in [1.29, 1.82) is 0 Å². The number of benzene rings is 3. The van der Waals surface area contributed by atoms with Crippen molar-refractivity contribution >= 4 is 45.6 Å². The lowest BCUT2D eigenvalue weighted by atomic mass is 9.84. The summed E-state index contributed by atoms with van der Waals surface area (Å²) in [6, 6.07) is 22.3. The minimum Gasteiger partial charge on any atom is -0.310 e. The van der Waals surface area contributed by atoms with Gasteiger partial charge >= 0.3 is 0 Å². The topological polar surface area (TPSA) is 3.24 Å². The number of nitrogens with zero attached hydrogens (tertiary/aromatic N) is 1. The molecular formula is C30H40BrNS. The lowest BCUT2D eigenvalue weighted by molar-refractivity contribution is 0.589. The Morgan fingerprint density at radius 1 is 0.788 bits per heavy atom. The summed E-state index contributed by atoms with van der Waals surface area (Å²) in [5.74, 6) is 0.957. The van der Waals surface area contributed by atoms with Gasteiger partial charge in [-0.05, 0) is 103 Å². The molecule has 0 radical (unpaired) electrons. The maximum absolute atomic E-state index is 4.33. The Bertz CT molecular complexity index is 978. The molecule has 3 aromatic rings. The van der Waals surface area contributed by atoms with Crippen molar-refractivity contribution in [3.05, 3.63) is 87.4 Å². The van der Waals surface area contributed by atoms with Gasteiger partial charge in [-0.3, -0.25) is 0 Å². The number of anilines is 3. The van der Waals surface area contributed by atoms with E-state index in [9.17, 15) is 0 Å². The Morgan fingerprint density at radius 3 is 1.73 bits per heavy atom. The van der Waals surface area contributed by atoms with E-state index in [1.165, 1.54) is 45.7 Å². The van der Waals surface area contributed by atoms with Crippen LogP contribution in [0, 0.1) is 13.8 Å². The molecule has 0 atom stereocenters. The van der Waals surface area contributed by atoms with Crippen LogP contribution < -0.4 is 4.90 Å². The van der Waals surface area contributed by atoms with Crippen LogP contribution in [0.4, 0.5) is 17.1 Å². The van der Waals surface area contributed by atoms with Crippen molar-refractivity contribution in [3.63, 3.8) is 0 Å². The third-order valence-corrected chi connectivity index (χ3v) is 6.58. The van der Waals surface area contributed by atoms with Crippen LogP contribution in [0.2, 0.25) is 0 Å². The summed E-state index contributed by atoms with van der Waals surface area (Å²) in [6.45, 7) is 15.3. The van der Waals surface area contributed by atoms with Crippen LogP contribution in [0.3, 0.4) is 0 Å². The van der Waals surface area contributed by atoms with Gasteiger partial charge in [-0.1, -0.05) is 74.8 Å². The van der Waals surface area contributed by atoms with Crippen molar-refractivity contribution in [2.24, 2.45) is 0 Å². The highest BCUT2D eigenvalue weighted by atomic mass is 79.9. The number of hydrogen-bond acceptors (Lipinski definition) is 2. The predicted molar refractivity (Wildman–Crippen MR) is 155 cm³/mol. The first-order valence-corrected chi connectivity index (χ1v) is 13.5. The van der Waals surface area contributed by atoms with E-state index in [0.29, 0.717) is 0 Å². The number of unbranched alkanes of at least 4 members (excludes halogenated alkanes) is 1. The third kappa shape index (κ3) is 7.39.